The molecular formula is C22H22BrNO2. The number of amides is 1. The maximum absolute atomic E-state index is 12.1. The number of carbonyl (C=O) groups is 1. The molecule has 0 aliphatic carbocycles. The van der Waals surface area contributed by atoms with E-state index in [0.717, 1.165) is 10.0 Å². The van der Waals surface area contributed by atoms with Crippen molar-refractivity contribution < 1.29 is 9.53 Å². The van der Waals surface area contributed by atoms with Gasteiger partial charge in [0.1, 0.15) is 5.75 Å². The monoisotopic (exact) mass is 411 g/mol. The Balaban J connectivity index is 1.54. The zero-order valence-corrected chi connectivity index (χ0v) is 16.5. The lowest BCUT2D eigenvalue weighted by molar-refractivity contribution is -0.123. The lowest BCUT2D eigenvalue weighted by Crippen LogP contribution is -2.28. The van der Waals surface area contributed by atoms with E-state index in [1.165, 1.54) is 16.3 Å². The number of hydrogen-bond donors (Lipinski definition) is 1. The van der Waals surface area contributed by atoms with Gasteiger partial charge in [0.05, 0.1) is 4.47 Å². The van der Waals surface area contributed by atoms with Gasteiger partial charge in [-0.2, -0.15) is 0 Å². The standard InChI is InChI=1S/C22H22BrNO2/c1-15(2)18-9-10-21(20(23)12-18)26-14-22(25)24-13-16-7-8-17-5-3-4-6-19(17)11-16/h3-12,15H,13-14H2,1-2H3,(H,24,25). The van der Waals surface area contributed by atoms with Crippen LogP contribution < -0.4 is 10.1 Å². The van der Waals surface area contributed by atoms with Crippen molar-refractivity contribution in [1.82, 2.24) is 5.32 Å². The fourth-order valence-corrected chi connectivity index (χ4v) is 3.25. The van der Waals surface area contributed by atoms with Crippen molar-refractivity contribution in [3.63, 3.8) is 0 Å². The van der Waals surface area contributed by atoms with Crippen molar-refractivity contribution >= 4 is 32.6 Å². The van der Waals surface area contributed by atoms with Gasteiger partial charge in [-0.05, 0) is 61.9 Å². The minimum absolute atomic E-state index is 0.00674. The van der Waals surface area contributed by atoms with E-state index in [2.05, 4.69) is 59.4 Å². The number of fused-ring (bicyclic) bond motifs is 1. The zero-order chi connectivity index (χ0) is 18.5. The van der Waals surface area contributed by atoms with Gasteiger partial charge in [0.2, 0.25) is 0 Å². The number of halogens is 1. The Morgan fingerprint density at radius 3 is 2.54 bits per heavy atom. The van der Waals surface area contributed by atoms with Gasteiger partial charge in [-0.25, -0.2) is 0 Å². The molecule has 26 heavy (non-hydrogen) atoms. The first-order chi connectivity index (χ1) is 12.5. The molecule has 0 spiro atoms. The van der Waals surface area contributed by atoms with Crippen LogP contribution in [0.2, 0.25) is 0 Å². The summed E-state index contributed by atoms with van der Waals surface area (Å²) >= 11 is 3.51. The molecule has 0 aliphatic rings. The fraction of sp³-hybridized carbons (Fsp3) is 0.227. The Morgan fingerprint density at radius 1 is 1.04 bits per heavy atom. The molecule has 0 saturated heterocycles. The summed E-state index contributed by atoms with van der Waals surface area (Å²) in [5, 5.41) is 5.27. The summed E-state index contributed by atoms with van der Waals surface area (Å²) in [7, 11) is 0. The van der Waals surface area contributed by atoms with Crippen LogP contribution in [-0.4, -0.2) is 12.5 Å². The number of rotatable bonds is 6. The minimum atomic E-state index is -0.141. The van der Waals surface area contributed by atoms with E-state index < -0.39 is 0 Å². The third-order valence-electron chi connectivity index (χ3n) is 4.28. The summed E-state index contributed by atoms with van der Waals surface area (Å²) in [5.74, 6) is 0.985. The highest BCUT2D eigenvalue weighted by Gasteiger charge is 2.08. The highest BCUT2D eigenvalue weighted by Crippen LogP contribution is 2.28. The van der Waals surface area contributed by atoms with E-state index >= 15 is 0 Å². The quantitative estimate of drug-likeness (QED) is 0.587. The minimum Gasteiger partial charge on any atom is -0.483 e. The van der Waals surface area contributed by atoms with Crippen LogP contribution in [0.3, 0.4) is 0 Å². The van der Waals surface area contributed by atoms with Crippen LogP contribution >= 0.6 is 15.9 Å². The van der Waals surface area contributed by atoms with Gasteiger partial charge in [-0.15, -0.1) is 0 Å². The van der Waals surface area contributed by atoms with Crippen molar-refractivity contribution in [3.8, 4) is 5.75 Å². The van der Waals surface area contributed by atoms with Crippen molar-refractivity contribution in [3.05, 3.63) is 76.3 Å². The number of carbonyl (C=O) groups excluding carboxylic acids is 1. The molecular weight excluding hydrogens is 390 g/mol. The molecule has 0 saturated carbocycles. The average molecular weight is 412 g/mol. The SMILES string of the molecule is CC(C)c1ccc(OCC(=O)NCc2ccc3ccccc3c2)c(Br)c1. The first-order valence-corrected chi connectivity index (χ1v) is 9.49. The second-order valence-electron chi connectivity index (χ2n) is 6.59. The van der Waals surface area contributed by atoms with Crippen LogP contribution in [0, 0.1) is 0 Å². The van der Waals surface area contributed by atoms with Crippen molar-refractivity contribution in [2.75, 3.05) is 6.61 Å². The van der Waals surface area contributed by atoms with E-state index in [0.29, 0.717) is 18.2 Å². The number of hydrogen-bond acceptors (Lipinski definition) is 2. The molecule has 0 heterocycles. The Labute approximate surface area is 162 Å². The second-order valence-corrected chi connectivity index (χ2v) is 7.45. The van der Waals surface area contributed by atoms with Crippen LogP contribution in [-0.2, 0) is 11.3 Å². The molecule has 0 unspecified atom stereocenters. The van der Waals surface area contributed by atoms with Gasteiger partial charge in [-0.3, -0.25) is 4.79 Å². The molecule has 0 atom stereocenters. The topological polar surface area (TPSA) is 38.3 Å². The average Bonchev–Trinajstić information content (AvgIpc) is 2.65. The molecule has 1 N–H and O–H groups in total. The molecule has 4 heteroatoms. The predicted molar refractivity (Wildman–Crippen MR) is 110 cm³/mol. The van der Waals surface area contributed by atoms with Crippen LogP contribution in [0.15, 0.2) is 65.1 Å². The van der Waals surface area contributed by atoms with Gasteiger partial charge in [0.25, 0.3) is 5.91 Å². The van der Waals surface area contributed by atoms with E-state index in [-0.39, 0.29) is 12.5 Å². The van der Waals surface area contributed by atoms with Gasteiger partial charge in [-0.1, -0.05) is 56.3 Å². The van der Waals surface area contributed by atoms with E-state index in [1.807, 2.05) is 36.4 Å². The van der Waals surface area contributed by atoms with Gasteiger partial charge in [0.15, 0.2) is 6.61 Å². The van der Waals surface area contributed by atoms with E-state index in [1.54, 1.807) is 0 Å². The molecule has 134 valence electrons. The molecule has 3 rings (SSSR count). The van der Waals surface area contributed by atoms with Gasteiger partial charge >= 0.3 is 0 Å². The molecule has 0 bridgehead atoms. The summed E-state index contributed by atoms with van der Waals surface area (Å²) in [4.78, 5) is 12.1. The van der Waals surface area contributed by atoms with Crippen LogP contribution in [0.25, 0.3) is 10.8 Å². The Hall–Kier alpha value is -2.33. The number of benzene rings is 3. The first kappa shape index (κ1) is 18.5. The zero-order valence-electron chi connectivity index (χ0n) is 15.0. The number of nitrogens with one attached hydrogen (secondary N) is 1. The normalized spacial score (nSPS) is 10.9. The van der Waals surface area contributed by atoms with E-state index in [9.17, 15) is 4.79 Å². The Bertz CT molecular complexity index is 921. The van der Waals surface area contributed by atoms with Gasteiger partial charge in [0, 0.05) is 6.54 Å². The van der Waals surface area contributed by atoms with Gasteiger partial charge < -0.3 is 10.1 Å². The predicted octanol–water partition coefficient (Wildman–Crippen LogP) is 5.42. The molecule has 0 fully saturated rings. The molecule has 0 aromatic heterocycles. The largest absolute Gasteiger partial charge is 0.483 e. The summed E-state index contributed by atoms with van der Waals surface area (Å²) in [6, 6.07) is 20.3. The second kappa shape index (κ2) is 8.37. The molecule has 0 radical (unpaired) electrons. The summed E-state index contributed by atoms with van der Waals surface area (Å²) in [5.41, 5.74) is 2.30. The molecule has 3 nitrogen and oxygen atoms in total. The van der Waals surface area contributed by atoms with Crippen LogP contribution in [0.4, 0.5) is 0 Å². The third kappa shape index (κ3) is 4.64. The van der Waals surface area contributed by atoms with Crippen molar-refractivity contribution in [1.29, 1.82) is 0 Å². The molecule has 3 aromatic rings. The summed E-state index contributed by atoms with van der Waals surface area (Å²) in [6.45, 7) is 4.76. The first-order valence-electron chi connectivity index (χ1n) is 8.69. The Morgan fingerprint density at radius 2 is 1.81 bits per heavy atom. The molecule has 3 aromatic carbocycles. The smallest absolute Gasteiger partial charge is 0.258 e. The highest BCUT2D eigenvalue weighted by molar-refractivity contribution is 9.10. The summed E-state index contributed by atoms with van der Waals surface area (Å²) < 4.78 is 6.50. The Kier molecular flexibility index (Phi) is 5.94. The summed E-state index contributed by atoms with van der Waals surface area (Å²) in [6.07, 6.45) is 0. The van der Waals surface area contributed by atoms with Crippen molar-refractivity contribution in [2.24, 2.45) is 0 Å². The molecule has 0 aliphatic heterocycles. The lowest BCUT2D eigenvalue weighted by Gasteiger charge is -2.12. The fourth-order valence-electron chi connectivity index (χ4n) is 2.74. The third-order valence-corrected chi connectivity index (χ3v) is 4.90. The van der Waals surface area contributed by atoms with Crippen molar-refractivity contribution in [2.45, 2.75) is 26.3 Å². The molecule has 1 amide bonds. The maximum atomic E-state index is 12.1. The lowest BCUT2D eigenvalue weighted by atomic mass is 10.0. The van der Waals surface area contributed by atoms with Crippen LogP contribution in [0.1, 0.15) is 30.9 Å². The highest BCUT2D eigenvalue weighted by atomic mass is 79.9. The number of ether oxygens (including phenoxy) is 1. The van der Waals surface area contributed by atoms with E-state index in [4.69, 9.17) is 4.74 Å². The maximum Gasteiger partial charge on any atom is 0.258 e. The van der Waals surface area contributed by atoms with Crippen LogP contribution in [0.5, 0.6) is 5.75 Å².